The van der Waals surface area contributed by atoms with E-state index >= 15 is 0 Å². The number of halogens is 2. The van der Waals surface area contributed by atoms with Crippen LogP contribution in [0.15, 0.2) is 41.5 Å². The summed E-state index contributed by atoms with van der Waals surface area (Å²) in [6.07, 6.45) is 1.53. The number of hydrogen-bond acceptors (Lipinski definition) is 4. The highest BCUT2D eigenvalue weighted by Gasteiger charge is 2.03. The van der Waals surface area contributed by atoms with Crippen LogP contribution in [0.2, 0.25) is 10.0 Å². The van der Waals surface area contributed by atoms with Crippen LogP contribution in [0.25, 0.3) is 0 Å². The van der Waals surface area contributed by atoms with Gasteiger partial charge in [-0.3, -0.25) is 4.99 Å². The first-order valence-corrected chi connectivity index (χ1v) is 8.04. The molecule has 128 valence electrons. The highest BCUT2D eigenvalue weighted by molar-refractivity contribution is 6.35. The summed E-state index contributed by atoms with van der Waals surface area (Å²) in [5.41, 5.74) is 7.79. The van der Waals surface area contributed by atoms with Gasteiger partial charge in [0.05, 0.1) is 23.2 Å². The van der Waals surface area contributed by atoms with Crippen LogP contribution in [0.3, 0.4) is 0 Å². The molecule has 0 atom stereocenters. The molecule has 0 fully saturated rings. The van der Waals surface area contributed by atoms with Crippen molar-refractivity contribution in [3.63, 3.8) is 0 Å². The van der Waals surface area contributed by atoms with Crippen molar-refractivity contribution in [1.29, 1.82) is 0 Å². The van der Waals surface area contributed by atoms with E-state index in [0.717, 1.165) is 11.3 Å². The molecule has 0 bridgehead atoms. The standard InChI is InChI=1S/C16H19Cl2N5O/c1-24-10-11-4-2-3-5-14(11)23-16(19)21-7-6-20-15-13(18)8-12(17)9-22-15/h2-5,8-9H,6-7,10H2,1H3,(H,20,22)(H3,19,21,23). The number of anilines is 2. The van der Waals surface area contributed by atoms with Gasteiger partial charge in [0.25, 0.3) is 0 Å². The first kappa shape index (κ1) is 18.3. The van der Waals surface area contributed by atoms with Gasteiger partial charge in [0, 0.05) is 31.1 Å². The smallest absolute Gasteiger partial charge is 0.193 e. The lowest BCUT2D eigenvalue weighted by Gasteiger charge is -2.11. The van der Waals surface area contributed by atoms with E-state index in [-0.39, 0.29) is 0 Å². The molecule has 1 heterocycles. The summed E-state index contributed by atoms with van der Waals surface area (Å²) < 4.78 is 5.16. The molecule has 0 saturated heterocycles. The Kier molecular flexibility index (Phi) is 7.11. The quantitative estimate of drug-likeness (QED) is 0.396. The summed E-state index contributed by atoms with van der Waals surface area (Å²) in [5.74, 6) is 0.892. The van der Waals surface area contributed by atoms with Crippen molar-refractivity contribution < 1.29 is 4.74 Å². The zero-order valence-corrected chi connectivity index (χ0v) is 14.7. The third-order valence-electron chi connectivity index (χ3n) is 3.07. The molecule has 1 aromatic heterocycles. The summed E-state index contributed by atoms with van der Waals surface area (Å²) in [4.78, 5) is 8.38. The van der Waals surface area contributed by atoms with E-state index in [1.807, 2.05) is 24.3 Å². The molecular weight excluding hydrogens is 349 g/mol. The largest absolute Gasteiger partial charge is 0.380 e. The summed E-state index contributed by atoms with van der Waals surface area (Å²) in [5, 5.41) is 7.11. The molecule has 6 nitrogen and oxygen atoms in total. The van der Waals surface area contributed by atoms with Gasteiger partial charge >= 0.3 is 0 Å². The monoisotopic (exact) mass is 367 g/mol. The molecule has 0 aliphatic heterocycles. The van der Waals surface area contributed by atoms with Gasteiger partial charge in [-0.15, -0.1) is 0 Å². The second-order valence-electron chi connectivity index (χ2n) is 4.89. The fourth-order valence-electron chi connectivity index (χ4n) is 2.00. The Morgan fingerprint density at radius 3 is 2.88 bits per heavy atom. The van der Waals surface area contributed by atoms with Gasteiger partial charge in [-0.1, -0.05) is 41.4 Å². The second-order valence-corrected chi connectivity index (χ2v) is 5.74. The fraction of sp³-hybridized carbons (Fsp3) is 0.250. The first-order chi connectivity index (χ1) is 11.6. The number of aromatic nitrogens is 1. The number of para-hydroxylation sites is 1. The minimum Gasteiger partial charge on any atom is -0.380 e. The van der Waals surface area contributed by atoms with Crippen LogP contribution < -0.4 is 16.4 Å². The van der Waals surface area contributed by atoms with Crippen molar-refractivity contribution in [1.82, 2.24) is 4.98 Å². The molecule has 0 unspecified atom stereocenters. The van der Waals surface area contributed by atoms with Gasteiger partial charge in [0.1, 0.15) is 5.82 Å². The van der Waals surface area contributed by atoms with E-state index in [0.29, 0.717) is 41.5 Å². The number of guanidine groups is 1. The van der Waals surface area contributed by atoms with Gasteiger partial charge < -0.3 is 21.1 Å². The molecule has 0 aliphatic carbocycles. The van der Waals surface area contributed by atoms with Crippen molar-refractivity contribution in [2.24, 2.45) is 10.7 Å². The summed E-state index contributed by atoms with van der Waals surface area (Å²) >= 11 is 11.8. The zero-order valence-electron chi connectivity index (χ0n) is 13.2. The van der Waals surface area contributed by atoms with E-state index in [2.05, 4.69) is 20.6 Å². The lowest BCUT2D eigenvalue weighted by Crippen LogP contribution is -2.24. The number of hydrogen-bond donors (Lipinski definition) is 3. The SMILES string of the molecule is COCc1ccccc1NC(N)=NCCNc1ncc(Cl)cc1Cl. The van der Waals surface area contributed by atoms with Crippen LogP contribution in [0.5, 0.6) is 0 Å². The predicted octanol–water partition coefficient (Wildman–Crippen LogP) is 3.37. The number of rotatable bonds is 7. The normalized spacial score (nSPS) is 11.4. The summed E-state index contributed by atoms with van der Waals surface area (Å²) in [6, 6.07) is 9.38. The first-order valence-electron chi connectivity index (χ1n) is 7.29. The molecule has 0 radical (unpaired) electrons. The van der Waals surface area contributed by atoms with Crippen LogP contribution in [-0.2, 0) is 11.3 Å². The van der Waals surface area contributed by atoms with Crippen molar-refractivity contribution in [2.75, 3.05) is 30.8 Å². The number of ether oxygens (including phenoxy) is 1. The van der Waals surface area contributed by atoms with Crippen LogP contribution in [0.4, 0.5) is 11.5 Å². The van der Waals surface area contributed by atoms with Gasteiger partial charge in [-0.2, -0.15) is 0 Å². The molecule has 2 rings (SSSR count). The van der Waals surface area contributed by atoms with Crippen molar-refractivity contribution in [2.45, 2.75) is 6.61 Å². The Bertz CT molecular complexity index is 709. The molecule has 4 N–H and O–H groups in total. The van der Waals surface area contributed by atoms with Crippen molar-refractivity contribution >= 4 is 40.7 Å². The highest BCUT2D eigenvalue weighted by Crippen LogP contribution is 2.22. The Morgan fingerprint density at radius 1 is 1.33 bits per heavy atom. The molecule has 0 aliphatic rings. The summed E-state index contributed by atoms with van der Waals surface area (Å²) in [7, 11) is 1.65. The molecule has 0 spiro atoms. The molecule has 0 saturated carbocycles. The number of nitrogens with one attached hydrogen (secondary N) is 2. The van der Waals surface area contributed by atoms with Crippen molar-refractivity contribution in [3.05, 3.63) is 52.1 Å². The minimum atomic E-state index is 0.329. The van der Waals surface area contributed by atoms with Gasteiger partial charge in [0.15, 0.2) is 5.96 Å². The highest BCUT2D eigenvalue weighted by atomic mass is 35.5. The van der Waals surface area contributed by atoms with E-state index in [4.69, 9.17) is 33.7 Å². The number of methoxy groups -OCH3 is 1. The number of benzene rings is 1. The van der Waals surface area contributed by atoms with Gasteiger partial charge in [-0.25, -0.2) is 4.98 Å². The molecule has 0 amide bonds. The predicted molar refractivity (Wildman–Crippen MR) is 100 cm³/mol. The third kappa shape index (κ3) is 5.56. The maximum absolute atomic E-state index is 6.03. The Morgan fingerprint density at radius 2 is 2.12 bits per heavy atom. The number of nitrogens with zero attached hydrogens (tertiary/aromatic N) is 2. The molecular formula is C16H19Cl2N5O. The topological polar surface area (TPSA) is 84.6 Å². The molecule has 24 heavy (non-hydrogen) atoms. The molecule has 8 heteroatoms. The summed E-state index contributed by atoms with van der Waals surface area (Å²) in [6.45, 7) is 1.50. The van der Waals surface area contributed by atoms with Crippen LogP contribution in [-0.4, -0.2) is 31.1 Å². The Hall–Kier alpha value is -2.02. The van der Waals surface area contributed by atoms with Gasteiger partial charge in [0.2, 0.25) is 0 Å². The molecule has 1 aromatic carbocycles. The lowest BCUT2D eigenvalue weighted by molar-refractivity contribution is 0.185. The van der Waals surface area contributed by atoms with E-state index in [1.165, 1.54) is 6.20 Å². The maximum atomic E-state index is 6.03. The minimum absolute atomic E-state index is 0.329. The number of pyridine rings is 1. The van der Waals surface area contributed by atoms with Crippen molar-refractivity contribution in [3.8, 4) is 0 Å². The lowest BCUT2D eigenvalue weighted by atomic mass is 10.2. The second kappa shape index (κ2) is 9.32. The van der Waals surface area contributed by atoms with Crippen LogP contribution in [0.1, 0.15) is 5.56 Å². The Balaban J connectivity index is 1.86. The fourth-order valence-corrected chi connectivity index (χ4v) is 2.44. The van der Waals surface area contributed by atoms with E-state index in [1.54, 1.807) is 13.2 Å². The van der Waals surface area contributed by atoms with E-state index in [9.17, 15) is 0 Å². The van der Waals surface area contributed by atoms with Gasteiger partial charge in [-0.05, 0) is 12.1 Å². The number of nitrogens with two attached hydrogens (primary N) is 1. The van der Waals surface area contributed by atoms with Crippen LogP contribution in [0, 0.1) is 0 Å². The zero-order chi connectivity index (χ0) is 17.4. The maximum Gasteiger partial charge on any atom is 0.193 e. The molecule has 2 aromatic rings. The Labute approximate surface area is 151 Å². The third-order valence-corrected chi connectivity index (χ3v) is 3.57. The van der Waals surface area contributed by atoms with E-state index < -0.39 is 0 Å². The average molecular weight is 368 g/mol. The number of aliphatic imine (C=N–C) groups is 1. The van der Waals surface area contributed by atoms with Crippen LogP contribution >= 0.6 is 23.2 Å². The average Bonchev–Trinajstić information content (AvgIpc) is 2.55.